The number of amides is 5. The summed E-state index contributed by atoms with van der Waals surface area (Å²) in [5, 5.41) is 5.65. The van der Waals surface area contributed by atoms with Crippen molar-refractivity contribution in [3.05, 3.63) is 59.1 Å². The molecule has 4 rings (SSSR count). The number of carbonyl (C=O) groups is 4. The van der Waals surface area contributed by atoms with Crippen molar-refractivity contribution in [3.8, 4) is 0 Å². The molecular formula is C20H17ClN4O4. The largest absolute Gasteiger partial charge is 0.325 e. The van der Waals surface area contributed by atoms with Gasteiger partial charge >= 0.3 is 6.03 Å². The fraction of sp³-hybridized carbons (Fsp3) is 0.200. The molecule has 0 bridgehead atoms. The van der Waals surface area contributed by atoms with Gasteiger partial charge in [-0.05, 0) is 25.1 Å². The maximum absolute atomic E-state index is 13.1. The van der Waals surface area contributed by atoms with Crippen LogP contribution in [-0.4, -0.2) is 41.7 Å². The number of anilines is 2. The van der Waals surface area contributed by atoms with Gasteiger partial charge in [0.1, 0.15) is 18.6 Å². The van der Waals surface area contributed by atoms with Gasteiger partial charge in [-0.3, -0.25) is 24.2 Å². The van der Waals surface area contributed by atoms with E-state index in [0.717, 1.165) is 4.90 Å². The van der Waals surface area contributed by atoms with Gasteiger partial charge in [-0.2, -0.15) is 0 Å². The minimum Gasteiger partial charge on any atom is -0.323 e. The third-order valence-electron chi connectivity index (χ3n) is 5.05. The number of hydrogen-bond acceptors (Lipinski definition) is 4. The molecule has 0 unspecified atom stereocenters. The number of hydrogen-bond donors (Lipinski definition) is 2. The number of fused-ring (bicyclic) bond motifs is 1. The molecule has 1 fully saturated rings. The van der Waals surface area contributed by atoms with Crippen molar-refractivity contribution in [2.45, 2.75) is 12.5 Å². The van der Waals surface area contributed by atoms with Gasteiger partial charge in [0.05, 0.1) is 11.4 Å². The summed E-state index contributed by atoms with van der Waals surface area (Å²) in [7, 11) is 0. The number of para-hydroxylation sites is 2. The molecule has 2 heterocycles. The second kappa shape index (κ2) is 6.89. The van der Waals surface area contributed by atoms with Gasteiger partial charge in [0.15, 0.2) is 0 Å². The number of carbonyl (C=O) groups excluding carboxylic acids is 4. The Bertz CT molecular complexity index is 1060. The molecule has 2 aromatic carbocycles. The monoisotopic (exact) mass is 412 g/mol. The van der Waals surface area contributed by atoms with E-state index in [-0.39, 0.29) is 12.5 Å². The summed E-state index contributed by atoms with van der Waals surface area (Å²) in [6.45, 7) is 0.857. The predicted octanol–water partition coefficient (Wildman–Crippen LogP) is 2.09. The Morgan fingerprint density at radius 1 is 1.10 bits per heavy atom. The molecule has 0 saturated carbocycles. The summed E-state index contributed by atoms with van der Waals surface area (Å²) in [6.07, 6.45) is 0. The van der Waals surface area contributed by atoms with E-state index in [1.807, 2.05) is 0 Å². The van der Waals surface area contributed by atoms with Gasteiger partial charge in [-0.15, -0.1) is 0 Å². The highest BCUT2D eigenvalue weighted by atomic mass is 35.5. The molecule has 2 aromatic rings. The molecule has 29 heavy (non-hydrogen) atoms. The number of nitrogens with one attached hydrogen (secondary N) is 2. The molecule has 0 spiro atoms. The smallest absolute Gasteiger partial charge is 0.323 e. The Hall–Kier alpha value is -3.39. The average Bonchev–Trinajstić information content (AvgIpc) is 2.91. The Morgan fingerprint density at radius 2 is 1.79 bits per heavy atom. The maximum Gasteiger partial charge on any atom is 0.325 e. The molecule has 2 N–H and O–H groups in total. The van der Waals surface area contributed by atoms with Crippen LogP contribution < -0.4 is 15.5 Å². The van der Waals surface area contributed by atoms with Gasteiger partial charge < -0.3 is 10.6 Å². The average molecular weight is 413 g/mol. The molecule has 0 aliphatic carbocycles. The number of rotatable bonds is 3. The summed E-state index contributed by atoms with van der Waals surface area (Å²) in [5.74, 6) is -1.48. The molecule has 9 heteroatoms. The fourth-order valence-electron chi connectivity index (χ4n) is 3.57. The Balaban J connectivity index is 1.60. The van der Waals surface area contributed by atoms with E-state index in [4.69, 9.17) is 11.6 Å². The lowest BCUT2D eigenvalue weighted by Gasteiger charge is -2.30. The van der Waals surface area contributed by atoms with Gasteiger partial charge in [-0.1, -0.05) is 41.9 Å². The first-order valence-corrected chi connectivity index (χ1v) is 9.27. The van der Waals surface area contributed by atoms with E-state index < -0.39 is 29.9 Å². The van der Waals surface area contributed by atoms with Crippen molar-refractivity contribution in [1.82, 2.24) is 10.2 Å². The van der Waals surface area contributed by atoms with Crippen LogP contribution in [0.5, 0.6) is 0 Å². The zero-order valence-electron chi connectivity index (χ0n) is 15.4. The van der Waals surface area contributed by atoms with Crippen LogP contribution in [0.2, 0.25) is 5.02 Å². The normalized spacial score (nSPS) is 21.0. The molecule has 5 amide bonds. The lowest BCUT2D eigenvalue weighted by Crippen LogP contribution is -2.48. The summed E-state index contributed by atoms with van der Waals surface area (Å²) >= 11 is 6.21. The minimum atomic E-state index is -1.38. The van der Waals surface area contributed by atoms with E-state index in [9.17, 15) is 19.2 Å². The highest BCUT2D eigenvalue weighted by Gasteiger charge is 2.50. The first-order valence-electron chi connectivity index (χ1n) is 8.89. The molecule has 148 valence electrons. The van der Waals surface area contributed by atoms with E-state index in [2.05, 4.69) is 10.6 Å². The van der Waals surface area contributed by atoms with Crippen LogP contribution in [0.25, 0.3) is 0 Å². The minimum absolute atomic E-state index is 0.193. The van der Waals surface area contributed by atoms with E-state index in [1.54, 1.807) is 55.5 Å². The van der Waals surface area contributed by atoms with Gasteiger partial charge in [0.25, 0.3) is 5.91 Å². The Morgan fingerprint density at radius 3 is 2.55 bits per heavy atom. The first kappa shape index (κ1) is 18.9. The van der Waals surface area contributed by atoms with Crippen molar-refractivity contribution < 1.29 is 19.2 Å². The quantitative estimate of drug-likeness (QED) is 0.754. The number of benzene rings is 2. The maximum atomic E-state index is 13.1. The Kier molecular flexibility index (Phi) is 4.50. The zero-order chi connectivity index (χ0) is 20.8. The molecule has 0 aromatic heterocycles. The molecular weight excluding hydrogens is 396 g/mol. The third-order valence-corrected chi connectivity index (χ3v) is 5.38. The lowest BCUT2D eigenvalue weighted by atomic mass is 9.92. The van der Waals surface area contributed by atoms with Gasteiger partial charge in [0, 0.05) is 10.6 Å². The number of imide groups is 1. The molecule has 2 aliphatic rings. The van der Waals surface area contributed by atoms with E-state index >= 15 is 0 Å². The van der Waals surface area contributed by atoms with E-state index in [0.29, 0.717) is 22.0 Å². The number of urea groups is 1. The molecule has 8 nitrogen and oxygen atoms in total. The second-order valence-corrected chi connectivity index (χ2v) is 7.38. The first-order chi connectivity index (χ1) is 13.8. The van der Waals surface area contributed by atoms with Crippen LogP contribution >= 0.6 is 11.6 Å². The molecule has 2 aliphatic heterocycles. The summed E-state index contributed by atoms with van der Waals surface area (Å²) in [6, 6.07) is 12.8. The van der Waals surface area contributed by atoms with Crippen LogP contribution in [-0.2, 0) is 19.9 Å². The topological polar surface area (TPSA) is 98.8 Å². The summed E-state index contributed by atoms with van der Waals surface area (Å²) in [4.78, 5) is 52.5. The second-order valence-electron chi connectivity index (χ2n) is 6.97. The third kappa shape index (κ3) is 3.11. The van der Waals surface area contributed by atoms with Crippen LogP contribution in [0.4, 0.5) is 16.2 Å². The zero-order valence-corrected chi connectivity index (χ0v) is 16.2. The van der Waals surface area contributed by atoms with Crippen molar-refractivity contribution in [2.75, 3.05) is 23.3 Å². The van der Waals surface area contributed by atoms with Crippen molar-refractivity contribution in [3.63, 3.8) is 0 Å². The fourth-order valence-corrected chi connectivity index (χ4v) is 3.89. The SMILES string of the molecule is C[C@]1(c2ccccc2Cl)NC(=O)N(CC(=O)N2CC(=O)Nc3ccccc32)C1=O. The van der Waals surface area contributed by atoms with Crippen molar-refractivity contribution >= 4 is 46.7 Å². The van der Waals surface area contributed by atoms with Gasteiger partial charge in [-0.25, -0.2) is 4.79 Å². The Labute approximate surface area is 171 Å². The lowest BCUT2D eigenvalue weighted by molar-refractivity contribution is -0.134. The van der Waals surface area contributed by atoms with Crippen LogP contribution in [0.15, 0.2) is 48.5 Å². The van der Waals surface area contributed by atoms with Crippen molar-refractivity contribution in [1.29, 1.82) is 0 Å². The van der Waals surface area contributed by atoms with Crippen molar-refractivity contribution in [2.24, 2.45) is 0 Å². The molecule has 0 radical (unpaired) electrons. The molecule has 1 saturated heterocycles. The number of nitrogens with zero attached hydrogens (tertiary/aromatic N) is 2. The van der Waals surface area contributed by atoms with Crippen LogP contribution in [0.3, 0.4) is 0 Å². The summed E-state index contributed by atoms with van der Waals surface area (Å²) < 4.78 is 0. The molecule has 1 atom stereocenters. The van der Waals surface area contributed by atoms with Crippen LogP contribution in [0.1, 0.15) is 12.5 Å². The highest BCUT2D eigenvalue weighted by molar-refractivity contribution is 6.32. The van der Waals surface area contributed by atoms with Gasteiger partial charge in [0.2, 0.25) is 11.8 Å². The van der Waals surface area contributed by atoms with Crippen LogP contribution in [0, 0.1) is 0 Å². The highest BCUT2D eigenvalue weighted by Crippen LogP contribution is 2.34. The summed E-state index contributed by atoms with van der Waals surface area (Å²) in [5.41, 5.74) is 0.0678. The number of halogens is 1. The van der Waals surface area contributed by atoms with E-state index in [1.165, 1.54) is 4.90 Å². The standard InChI is InChI=1S/C20H17ClN4O4/c1-20(12-6-2-3-7-13(12)21)18(28)25(19(29)23-20)11-17(27)24-10-16(26)22-14-8-4-5-9-15(14)24/h2-9H,10-11H2,1H3,(H,22,26)(H,23,29)/t20-/m1/s1. The predicted molar refractivity (Wildman–Crippen MR) is 106 cm³/mol.